The number of aromatic nitrogens is 2. The molecule has 3 heterocycles. The molecule has 2 fully saturated rings. The molecule has 0 spiro atoms. The monoisotopic (exact) mass is 552 g/mol. The van der Waals surface area contributed by atoms with Gasteiger partial charge in [-0.2, -0.15) is 0 Å². The van der Waals surface area contributed by atoms with Crippen LogP contribution < -0.4 is 10.6 Å². The maximum atomic E-state index is 4.84. The van der Waals surface area contributed by atoms with E-state index in [4.69, 9.17) is 9.98 Å². The van der Waals surface area contributed by atoms with E-state index in [1.807, 2.05) is 0 Å². The summed E-state index contributed by atoms with van der Waals surface area (Å²) in [6.45, 7) is 9.63. The topological polar surface area (TPSA) is 57.0 Å². The van der Waals surface area contributed by atoms with Crippen molar-refractivity contribution in [3.05, 3.63) is 35.8 Å². The van der Waals surface area contributed by atoms with Crippen molar-refractivity contribution in [3.63, 3.8) is 0 Å². The van der Waals surface area contributed by atoms with Gasteiger partial charge in [-0.05, 0) is 57.1 Å². The predicted octanol–water partition coefficient (Wildman–Crippen LogP) is 4.40. The molecule has 4 rings (SSSR count). The Morgan fingerprint density at radius 2 is 1.94 bits per heavy atom. The lowest BCUT2D eigenvalue weighted by atomic mass is 9.88. The van der Waals surface area contributed by atoms with Crippen molar-refractivity contribution >= 4 is 35.6 Å². The highest BCUT2D eigenvalue weighted by Crippen LogP contribution is 2.25. The Morgan fingerprint density at radius 1 is 1.16 bits per heavy atom. The summed E-state index contributed by atoms with van der Waals surface area (Å²) in [6.07, 6.45) is 14.7. The molecule has 0 unspecified atom stereocenters. The average Bonchev–Trinajstić information content (AvgIpc) is 3.20. The van der Waals surface area contributed by atoms with Gasteiger partial charge in [-0.15, -0.1) is 24.0 Å². The minimum absolute atomic E-state index is 0. The molecule has 0 bridgehead atoms. The van der Waals surface area contributed by atoms with Gasteiger partial charge in [0.05, 0.1) is 5.69 Å². The Labute approximate surface area is 210 Å². The second-order valence-corrected chi connectivity index (χ2v) is 9.39. The highest BCUT2D eigenvalue weighted by molar-refractivity contribution is 14.0. The van der Waals surface area contributed by atoms with Crippen LogP contribution in [-0.4, -0.2) is 59.0 Å². The summed E-state index contributed by atoms with van der Waals surface area (Å²) in [7, 11) is 0. The molecule has 0 atom stereocenters. The number of aryl methyl sites for hydroxylation is 1. The lowest BCUT2D eigenvalue weighted by molar-refractivity contribution is 0.160. The van der Waals surface area contributed by atoms with Crippen molar-refractivity contribution < 1.29 is 0 Å². The number of piperidine rings is 1. The number of hydrogen-bond acceptors (Lipinski definition) is 3. The van der Waals surface area contributed by atoms with Crippen molar-refractivity contribution in [3.8, 4) is 0 Å². The van der Waals surface area contributed by atoms with Crippen LogP contribution in [0.25, 0.3) is 5.65 Å². The smallest absolute Gasteiger partial charge is 0.191 e. The number of pyridine rings is 1. The molecule has 0 radical (unpaired) electrons. The Kier molecular flexibility index (Phi) is 10.1. The molecule has 6 nitrogen and oxygen atoms in total. The van der Waals surface area contributed by atoms with Gasteiger partial charge in [0.2, 0.25) is 0 Å². The van der Waals surface area contributed by atoms with Gasteiger partial charge in [0, 0.05) is 57.6 Å². The zero-order chi connectivity index (χ0) is 21.5. The molecule has 32 heavy (non-hydrogen) atoms. The number of fused-ring (bicyclic) bond motifs is 1. The van der Waals surface area contributed by atoms with Crippen LogP contribution in [0.2, 0.25) is 0 Å². The molecule has 1 aliphatic carbocycles. The van der Waals surface area contributed by atoms with E-state index in [9.17, 15) is 0 Å². The van der Waals surface area contributed by atoms with E-state index in [2.05, 4.69) is 58.3 Å². The molecule has 2 aromatic rings. The predicted molar refractivity (Wildman–Crippen MR) is 144 cm³/mol. The van der Waals surface area contributed by atoms with Crippen LogP contribution in [-0.2, 0) is 6.42 Å². The summed E-state index contributed by atoms with van der Waals surface area (Å²) < 4.78 is 2.11. The number of imidazole rings is 1. The maximum Gasteiger partial charge on any atom is 0.191 e. The number of guanidine groups is 1. The molecule has 0 amide bonds. The third-order valence-corrected chi connectivity index (χ3v) is 6.88. The number of aliphatic imine (C=N–C) groups is 1. The first-order valence-electron chi connectivity index (χ1n) is 12.4. The second-order valence-electron chi connectivity index (χ2n) is 9.39. The standard InChI is InChI=1S/C25H40N6.HI/c1-3-26-25(27-14-11-23-19-31-15-7-8-20(2)24(31)28-23)29-22-12-16-30(17-13-22)18-21-9-5-4-6-10-21;/h7-8,15,19,21-22H,3-6,9-14,16-18H2,1-2H3,(H2,26,27,29);1H. The van der Waals surface area contributed by atoms with Crippen LogP contribution in [0.15, 0.2) is 29.5 Å². The number of halogens is 1. The van der Waals surface area contributed by atoms with E-state index >= 15 is 0 Å². The van der Waals surface area contributed by atoms with Gasteiger partial charge in [-0.25, -0.2) is 4.98 Å². The van der Waals surface area contributed by atoms with Crippen molar-refractivity contribution in [1.29, 1.82) is 0 Å². The molecule has 1 aliphatic heterocycles. The Balaban J connectivity index is 0.00000289. The van der Waals surface area contributed by atoms with Crippen molar-refractivity contribution in [2.24, 2.45) is 10.9 Å². The van der Waals surface area contributed by atoms with Gasteiger partial charge in [-0.3, -0.25) is 4.99 Å². The highest BCUT2D eigenvalue weighted by Gasteiger charge is 2.23. The van der Waals surface area contributed by atoms with E-state index < -0.39 is 0 Å². The lowest BCUT2D eigenvalue weighted by Gasteiger charge is -2.36. The van der Waals surface area contributed by atoms with Gasteiger partial charge in [-0.1, -0.05) is 25.3 Å². The van der Waals surface area contributed by atoms with Crippen molar-refractivity contribution in [2.75, 3.05) is 32.7 Å². The fourth-order valence-electron chi connectivity index (χ4n) is 5.12. The maximum absolute atomic E-state index is 4.84. The van der Waals surface area contributed by atoms with E-state index in [1.165, 1.54) is 70.1 Å². The summed E-state index contributed by atoms with van der Waals surface area (Å²) in [5, 5.41) is 7.12. The van der Waals surface area contributed by atoms with E-state index in [0.29, 0.717) is 6.04 Å². The summed E-state index contributed by atoms with van der Waals surface area (Å²) in [5.41, 5.74) is 3.36. The largest absolute Gasteiger partial charge is 0.357 e. The highest BCUT2D eigenvalue weighted by atomic mass is 127. The first-order valence-corrected chi connectivity index (χ1v) is 12.4. The van der Waals surface area contributed by atoms with Crippen molar-refractivity contribution in [2.45, 2.75) is 71.3 Å². The zero-order valence-electron chi connectivity index (χ0n) is 19.9. The quantitative estimate of drug-likeness (QED) is 0.304. The first kappa shape index (κ1) is 25.3. The number of hydrogen-bond donors (Lipinski definition) is 2. The minimum Gasteiger partial charge on any atom is -0.357 e. The SMILES string of the molecule is CCNC(=NCCc1cn2cccc(C)c2n1)NC1CCN(CC2CCCCC2)CC1.I. The molecule has 0 aromatic carbocycles. The molecule has 1 saturated heterocycles. The van der Waals surface area contributed by atoms with Gasteiger partial charge in [0.15, 0.2) is 5.96 Å². The molecule has 1 saturated carbocycles. The Morgan fingerprint density at radius 3 is 2.66 bits per heavy atom. The summed E-state index contributed by atoms with van der Waals surface area (Å²) in [6, 6.07) is 4.70. The summed E-state index contributed by atoms with van der Waals surface area (Å²) >= 11 is 0. The summed E-state index contributed by atoms with van der Waals surface area (Å²) in [4.78, 5) is 12.3. The Bertz CT molecular complexity index is 849. The van der Waals surface area contributed by atoms with Gasteiger partial charge in [0.25, 0.3) is 0 Å². The lowest BCUT2D eigenvalue weighted by Crippen LogP contribution is -2.49. The van der Waals surface area contributed by atoms with E-state index in [1.54, 1.807) is 0 Å². The third kappa shape index (κ3) is 7.07. The third-order valence-electron chi connectivity index (χ3n) is 6.88. The van der Waals surface area contributed by atoms with Gasteiger partial charge in [0.1, 0.15) is 5.65 Å². The fraction of sp³-hybridized carbons (Fsp3) is 0.680. The molecule has 2 aromatic heterocycles. The number of rotatable bonds is 7. The molecular formula is C25H41IN6. The van der Waals surface area contributed by atoms with Crippen LogP contribution in [0.5, 0.6) is 0 Å². The van der Waals surface area contributed by atoms with Crippen LogP contribution >= 0.6 is 24.0 Å². The number of nitrogens with one attached hydrogen (secondary N) is 2. The number of likely N-dealkylation sites (tertiary alicyclic amines) is 1. The average molecular weight is 553 g/mol. The molecule has 2 N–H and O–H groups in total. The van der Waals surface area contributed by atoms with Crippen LogP contribution in [0.3, 0.4) is 0 Å². The normalized spacial score (nSPS) is 19.1. The fourth-order valence-corrected chi connectivity index (χ4v) is 5.12. The molecule has 7 heteroatoms. The summed E-state index contributed by atoms with van der Waals surface area (Å²) in [5.74, 6) is 1.90. The van der Waals surface area contributed by atoms with Gasteiger partial charge >= 0.3 is 0 Å². The zero-order valence-corrected chi connectivity index (χ0v) is 22.2. The molecular weight excluding hydrogens is 511 g/mol. The van der Waals surface area contributed by atoms with Crippen LogP contribution in [0.4, 0.5) is 0 Å². The molecule has 178 valence electrons. The van der Waals surface area contributed by atoms with E-state index in [-0.39, 0.29) is 24.0 Å². The first-order chi connectivity index (χ1) is 15.2. The Hall–Kier alpha value is -1.35. The van der Waals surface area contributed by atoms with Crippen molar-refractivity contribution in [1.82, 2.24) is 24.9 Å². The van der Waals surface area contributed by atoms with Crippen LogP contribution in [0.1, 0.15) is 63.1 Å². The molecule has 2 aliphatic rings. The van der Waals surface area contributed by atoms with Crippen LogP contribution in [0, 0.1) is 12.8 Å². The van der Waals surface area contributed by atoms with E-state index in [0.717, 1.165) is 42.7 Å². The second kappa shape index (κ2) is 12.8. The number of nitrogens with zero attached hydrogens (tertiary/aromatic N) is 4. The minimum atomic E-state index is 0. The van der Waals surface area contributed by atoms with Gasteiger partial charge < -0.3 is 19.9 Å².